The maximum absolute atomic E-state index is 6.34. The van der Waals surface area contributed by atoms with Crippen molar-refractivity contribution in [3.63, 3.8) is 0 Å². The molecule has 0 radical (unpaired) electrons. The fraction of sp³-hybridized carbons (Fsp3) is 0.302. The summed E-state index contributed by atoms with van der Waals surface area (Å²) in [5.74, 6) is 3.71. The van der Waals surface area contributed by atoms with Gasteiger partial charge in [-0.1, -0.05) is 48.0 Å². The van der Waals surface area contributed by atoms with Crippen LogP contribution in [-0.4, -0.2) is 66.7 Å². The zero-order valence-corrected chi connectivity index (χ0v) is 32.8. The van der Waals surface area contributed by atoms with Gasteiger partial charge in [-0.25, -0.2) is 0 Å². The van der Waals surface area contributed by atoms with Gasteiger partial charge in [0.2, 0.25) is 11.5 Å². The van der Waals surface area contributed by atoms with Gasteiger partial charge >= 0.3 is 0 Å². The van der Waals surface area contributed by atoms with Crippen LogP contribution in [0.2, 0.25) is 5.02 Å². The molecule has 0 amide bonds. The van der Waals surface area contributed by atoms with Crippen molar-refractivity contribution in [2.75, 3.05) is 60.6 Å². The van der Waals surface area contributed by atoms with Crippen molar-refractivity contribution in [2.24, 2.45) is 0 Å². The zero-order chi connectivity index (χ0) is 36.6. The molecule has 1 fully saturated rings. The molecule has 0 atom stereocenters. The molecule has 0 aromatic heterocycles. The van der Waals surface area contributed by atoms with Gasteiger partial charge in [0.15, 0.2) is 23.0 Å². The Bertz CT molecular complexity index is 1910. The van der Waals surface area contributed by atoms with Crippen molar-refractivity contribution in [1.29, 1.82) is 0 Å². The van der Waals surface area contributed by atoms with Gasteiger partial charge in [-0.15, -0.1) is 12.4 Å². The predicted molar refractivity (Wildman–Crippen MR) is 216 cm³/mol. The van der Waals surface area contributed by atoms with Gasteiger partial charge in [-0.05, 0) is 107 Å². The second-order valence-corrected chi connectivity index (χ2v) is 13.3. The Morgan fingerprint density at radius 3 is 1.47 bits per heavy atom. The molecule has 1 aliphatic heterocycles. The molecule has 8 nitrogen and oxygen atoms in total. The maximum Gasteiger partial charge on any atom is 0.203 e. The standard InChI is InChI=1S/C43H47ClN2O6.ClH/c1-47-38-23-33(24-39(48-2)42(38)51-5)31-11-7-9-29(21-31)27-45-19-17-37(18-20-45)46(36-15-13-35(44)14-16-36)28-30-10-8-12-32(22-30)34-25-40(49-3)43(52-6)41(26-34)50-4;/h7-16,21-26,37H,17-20,27-28H2,1-6H3;1H. The van der Waals surface area contributed by atoms with Crippen LogP contribution < -0.4 is 33.3 Å². The number of piperidine rings is 1. The van der Waals surface area contributed by atoms with Gasteiger partial charge in [0, 0.05) is 42.9 Å². The maximum atomic E-state index is 6.34. The molecule has 0 spiro atoms. The Labute approximate surface area is 324 Å². The molecule has 5 aromatic carbocycles. The summed E-state index contributed by atoms with van der Waals surface area (Å²) in [5.41, 5.74) is 7.85. The number of nitrogens with zero attached hydrogens (tertiary/aromatic N) is 2. The van der Waals surface area contributed by atoms with Crippen LogP contribution in [0.3, 0.4) is 0 Å². The summed E-state index contributed by atoms with van der Waals surface area (Å²) in [5, 5.41) is 0.733. The molecule has 10 heteroatoms. The third kappa shape index (κ3) is 9.07. The number of rotatable bonds is 14. The van der Waals surface area contributed by atoms with E-state index in [9.17, 15) is 0 Å². The van der Waals surface area contributed by atoms with Gasteiger partial charge in [0.1, 0.15) is 0 Å². The fourth-order valence-corrected chi connectivity index (χ4v) is 7.23. The van der Waals surface area contributed by atoms with Gasteiger partial charge in [-0.2, -0.15) is 0 Å². The van der Waals surface area contributed by atoms with Gasteiger partial charge in [0.25, 0.3) is 0 Å². The minimum atomic E-state index is 0. The Morgan fingerprint density at radius 2 is 1.02 bits per heavy atom. The molecule has 0 saturated carbocycles. The van der Waals surface area contributed by atoms with Crippen molar-refractivity contribution in [2.45, 2.75) is 32.0 Å². The Kier molecular flexibility index (Phi) is 13.6. The number of benzene rings is 5. The van der Waals surface area contributed by atoms with Crippen LogP contribution in [0.1, 0.15) is 24.0 Å². The summed E-state index contributed by atoms with van der Waals surface area (Å²) < 4.78 is 33.6. The number of anilines is 1. The van der Waals surface area contributed by atoms with Gasteiger partial charge in [-0.3, -0.25) is 4.90 Å². The number of methoxy groups -OCH3 is 6. The van der Waals surface area contributed by atoms with E-state index in [2.05, 4.69) is 70.5 Å². The van der Waals surface area contributed by atoms with Crippen LogP contribution in [0.25, 0.3) is 22.3 Å². The average Bonchev–Trinajstić information content (AvgIpc) is 3.19. The topological polar surface area (TPSA) is 61.9 Å². The molecule has 1 aliphatic rings. The number of hydrogen-bond donors (Lipinski definition) is 0. The minimum absolute atomic E-state index is 0. The lowest BCUT2D eigenvalue weighted by molar-refractivity contribution is 0.201. The SMILES string of the molecule is COc1cc(-c2cccc(CN3CCC(N(Cc4cccc(-c5cc(OC)c(OC)c(OC)c5)c4)c4ccc(Cl)cc4)CC3)c2)cc(OC)c1OC.Cl. The fourth-order valence-electron chi connectivity index (χ4n) is 7.10. The highest BCUT2D eigenvalue weighted by molar-refractivity contribution is 6.30. The number of halogens is 2. The van der Waals surface area contributed by atoms with Crippen LogP contribution in [0, 0.1) is 0 Å². The third-order valence-corrected chi connectivity index (χ3v) is 10.0. The summed E-state index contributed by atoms with van der Waals surface area (Å²) in [6.45, 7) is 3.63. The van der Waals surface area contributed by atoms with Crippen molar-refractivity contribution < 1.29 is 28.4 Å². The van der Waals surface area contributed by atoms with E-state index in [1.807, 2.05) is 36.4 Å². The normalized spacial score (nSPS) is 13.1. The lowest BCUT2D eigenvalue weighted by Gasteiger charge is -2.40. The average molecular weight is 760 g/mol. The number of ether oxygens (including phenoxy) is 6. The second kappa shape index (κ2) is 18.3. The quantitative estimate of drug-likeness (QED) is 0.111. The number of likely N-dealkylation sites (tertiary alicyclic amines) is 1. The van der Waals surface area contributed by atoms with Crippen LogP contribution >= 0.6 is 24.0 Å². The van der Waals surface area contributed by atoms with Crippen LogP contribution in [0.5, 0.6) is 34.5 Å². The first-order valence-corrected chi connectivity index (χ1v) is 17.8. The minimum Gasteiger partial charge on any atom is -0.493 e. The molecule has 0 bridgehead atoms. The lowest BCUT2D eigenvalue weighted by atomic mass is 9.98. The van der Waals surface area contributed by atoms with Crippen molar-refractivity contribution in [3.8, 4) is 56.8 Å². The van der Waals surface area contributed by atoms with E-state index in [1.165, 1.54) is 16.8 Å². The number of hydrogen-bond acceptors (Lipinski definition) is 8. The smallest absolute Gasteiger partial charge is 0.203 e. The predicted octanol–water partition coefficient (Wildman–Crippen LogP) is 9.82. The summed E-state index contributed by atoms with van der Waals surface area (Å²) in [4.78, 5) is 5.09. The highest BCUT2D eigenvalue weighted by Crippen LogP contribution is 2.43. The summed E-state index contributed by atoms with van der Waals surface area (Å²) >= 11 is 6.34. The highest BCUT2D eigenvalue weighted by Gasteiger charge is 2.26. The van der Waals surface area contributed by atoms with E-state index in [-0.39, 0.29) is 12.4 Å². The monoisotopic (exact) mass is 758 g/mol. The van der Waals surface area contributed by atoms with Gasteiger partial charge in [0.05, 0.1) is 42.7 Å². The summed E-state index contributed by atoms with van der Waals surface area (Å²) in [6.07, 6.45) is 2.09. The summed E-state index contributed by atoms with van der Waals surface area (Å²) in [7, 11) is 9.81. The first-order valence-electron chi connectivity index (χ1n) is 17.4. The third-order valence-electron chi connectivity index (χ3n) is 9.77. The molecule has 53 heavy (non-hydrogen) atoms. The van der Waals surface area contributed by atoms with Gasteiger partial charge < -0.3 is 33.3 Å². The molecule has 0 N–H and O–H groups in total. The van der Waals surface area contributed by atoms with E-state index < -0.39 is 0 Å². The lowest BCUT2D eigenvalue weighted by Crippen LogP contribution is -2.44. The van der Waals surface area contributed by atoms with Crippen LogP contribution in [-0.2, 0) is 13.1 Å². The largest absolute Gasteiger partial charge is 0.493 e. The molecule has 6 rings (SSSR count). The van der Waals surface area contributed by atoms with E-state index in [4.69, 9.17) is 40.0 Å². The Morgan fingerprint density at radius 1 is 0.566 bits per heavy atom. The van der Waals surface area contributed by atoms with Crippen molar-refractivity contribution in [3.05, 3.63) is 113 Å². The molecular formula is C43H48Cl2N2O6. The first-order chi connectivity index (χ1) is 25.4. The molecular weight excluding hydrogens is 711 g/mol. The Balaban J connectivity index is 0.00000541. The zero-order valence-electron chi connectivity index (χ0n) is 31.2. The molecule has 5 aromatic rings. The van der Waals surface area contributed by atoms with E-state index in [0.29, 0.717) is 40.5 Å². The highest BCUT2D eigenvalue weighted by atomic mass is 35.5. The molecule has 1 heterocycles. The summed E-state index contributed by atoms with van der Waals surface area (Å²) in [6, 6.07) is 33.9. The molecule has 280 valence electrons. The molecule has 0 aliphatic carbocycles. The van der Waals surface area contributed by atoms with E-state index >= 15 is 0 Å². The second-order valence-electron chi connectivity index (χ2n) is 12.8. The van der Waals surface area contributed by atoms with Crippen LogP contribution in [0.15, 0.2) is 97.1 Å². The molecule has 1 saturated heterocycles. The van der Waals surface area contributed by atoms with E-state index in [1.54, 1.807) is 42.7 Å². The van der Waals surface area contributed by atoms with Crippen molar-refractivity contribution in [1.82, 2.24) is 4.90 Å². The Hall–Kier alpha value is -4.76. The molecule has 0 unspecified atom stereocenters. The first kappa shape index (κ1) is 39.4. The van der Waals surface area contributed by atoms with Crippen LogP contribution in [0.4, 0.5) is 5.69 Å². The van der Waals surface area contributed by atoms with Crippen molar-refractivity contribution >= 4 is 29.7 Å². The van der Waals surface area contributed by atoms with E-state index in [0.717, 1.165) is 66.3 Å².